The number of hydrogen-bond acceptors (Lipinski definition) is 4. The van der Waals surface area contributed by atoms with Gasteiger partial charge in [-0.1, -0.05) is 12.1 Å². The van der Waals surface area contributed by atoms with Gasteiger partial charge < -0.3 is 10.6 Å². The van der Waals surface area contributed by atoms with E-state index in [-0.39, 0.29) is 18.3 Å². The Labute approximate surface area is 165 Å². The zero-order valence-electron chi connectivity index (χ0n) is 15.8. The van der Waals surface area contributed by atoms with Gasteiger partial charge in [0.15, 0.2) is 5.65 Å². The molecular formula is C20H26ClN5O. The fourth-order valence-corrected chi connectivity index (χ4v) is 3.84. The lowest BCUT2D eigenvalue weighted by Crippen LogP contribution is -2.42. The quantitative estimate of drug-likeness (QED) is 0.722. The summed E-state index contributed by atoms with van der Waals surface area (Å²) >= 11 is 0. The fraction of sp³-hybridized carbons (Fsp3) is 0.450. The third-order valence-corrected chi connectivity index (χ3v) is 5.32. The summed E-state index contributed by atoms with van der Waals surface area (Å²) in [6, 6.07) is 8.36. The minimum absolute atomic E-state index is 0. The van der Waals surface area contributed by atoms with Crippen molar-refractivity contribution in [2.24, 2.45) is 0 Å². The molecule has 1 aliphatic rings. The van der Waals surface area contributed by atoms with Gasteiger partial charge in [0.25, 0.3) is 0 Å². The molecule has 1 aromatic carbocycles. The Morgan fingerprint density at radius 1 is 1.26 bits per heavy atom. The average Bonchev–Trinajstić information content (AvgIpc) is 3.01. The Bertz CT molecular complexity index is 962. The van der Waals surface area contributed by atoms with Gasteiger partial charge in [0, 0.05) is 29.2 Å². The SMILES string of the molecule is Cc1nc2c3ccccc3nn2c(C)c1CCC(=O)NC1CCNCC1.Cl. The van der Waals surface area contributed by atoms with Gasteiger partial charge in [-0.25, -0.2) is 9.50 Å². The number of hydrogen-bond donors (Lipinski definition) is 2. The van der Waals surface area contributed by atoms with E-state index in [0.717, 1.165) is 59.4 Å². The third-order valence-electron chi connectivity index (χ3n) is 5.32. The standard InChI is InChI=1S/C20H25N5O.ClH/c1-13-16(7-8-19(26)23-15-9-11-21-12-10-15)14(2)25-20(22-13)17-5-3-4-6-18(17)24-25;/h3-6,15,21H,7-12H2,1-2H3,(H,23,26);1H. The summed E-state index contributed by atoms with van der Waals surface area (Å²) < 4.78 is 1.91. The van der Waals surface area contributed by atoms with Gasteiger partial charge in [-0.15, -0.1) is 12.4 Å². The predicted octanol–water partition coefficient (Wildman–Crippen LogP) is 2.72. The van der Waals surface area contributed by atoms with Crippen LogP contribution in [0.5, 0.6) is 0 Å². The van der Waals surface area contributed by atoms with Crippen LogP contribution in [-0.4, -0.2) is 39.6 Å². The summed E-state index contributed by atoms with van der Waals surface area (Å²) in [6.07, 6.45) is 3.20. The molecule has 2 aromatic heterocycles. The summed E-state index contributed by atoms with van der Waals surface area (Å²) in [5.74, 6) is 0.126. The van der Waals surface area contributed by atoms with Gasteiger partial charge >= 0.3 is 0 Å². The number of carbonyl (C=O) groups excluding carboxylic acids is 1. The summed E-state index contributed by atoms with van der Waals surface area (Å²) in [4.78, 5) is 17.1. The number of halogens is 1. The van der Waals surface area contributed by atoms with Crippen molar-refractivity contribution in [3.8, 4) is 0 Å². The van der Waals surface area contributed by atoms with Crippen molar-refractivity contribution in [1.29, 1.82) is 0 Å². The van der Waals surface area contributed by atoms with Gasteiger partial charge in [-0.05, 0) is 63.9 Å². The summed E-state index contributed by atoms with van der Waals surface area (Å²) in [7, 11) is 0. The van der Waals surface area contributed by atoms with Gasteiger partial charge in [-0.2, -0.15) is 5.10 Å². The summed E-state index contributed by atoms with van der Waals surface area (Å²) in [6.45, 7) is 6.05. The van der Waals surface area contributed by atoms with Crippen molar-refractivity contribution in [2.45, 2.75) is 45.6 Å². The van der Waals surface area contributed by atoms with E-state index < -0.39 is 0 Å². The minimum Gasteiger partial charge on any atom is -0.353 e. The summed E-state index contributed by atoms with van der Waals surface area (Å²) in [5.41, 5.74) is 5.00. The maximum atomic E-state index is 12.3. The molecule has 1 amide bonds. The molecule has 0 atom stereocenters. The number of nitrogens with one attached hydrogen (secondary N) is 2. The molecule has 144 valence electrons. The van der Waals surface area contributed by atoms with Crippen LogP contribution in [0.25, 0.3) is 16.6 Å². The number of aryl methyl sites for hydroxylation is 2. The van der Waals surface area contributed by atoms with Crippen molar-refractivity contribution in [3.63, 3.8) is 0 Å². The third kappa shape index (κ3) is 3.92. The topological polar surface area (TPSA) is 71.3 Å². The highest BCUT2D eigenvalue weighted by atomic mass is 35.5. The van der Waals surface area contributed by atoms with Crippen molar-refractivity contribution in [2.75, 3.05) is 13.1 Å². The van der Waals surface area contributed by atoms with Gasteiger partial charge in [0.05, 0.1) is 5.52 Å². The van der Waals surface area contributed by atoms with E-state index in [1.54, 1.807) is 0 Å². The first-order valence-electron chi connectivity index (χ1n) is 9.37. The number of fused-ring (bicyclic) bond motifs is 3. The average molecular weight is 388 g/mol. The Kier molecular flexibility index (Phi) is 5.97. The smallest absolute Gasteiger partial charge is 0.220 e. The summed E-state index contributed by atoms with van der Waals surface area (Å²) in [5, 5.41) is 12.2. The van der Waals surface area contributed by atoms with Crippen molar-refractivity contribution in [3.05, 3.63) is 41.2 Å². The molecule has 0 spiro atoms. The van der Waals surface area contributed by atoms with Crippen molar-refractivity contribution >= 4 is 34.9 Å². The molecule has 3 aromatic rings. The second-order valence-electron chi connectivity index (χ2n) is 7.11. The molecule has 0 aliphatic carbocycles. The second kappa shape index (κ2) is 8.23. The van der Waals surface area contributed by atoms with E-state index in [1.807, 2.05) is 29.6 Å². The Morgan fingerprint density at radius 2 is 2.00 bits per heavy atom. The van der Waals surface area contributed by atoms with Crippen LogP contribution in [0.1, 0.15) is 36.2 Å². The monoisotopic (exact) mass is 387 g/mol. The molecule has 7 heteroatoms. The fourth-order valence-electron chi connectivity index (χ4n) is 3.84. The first kappa shape index (κ1) is 19.6. The van der Waals surface area contributed by atoms with Crippen LogP contribution in [0, 0.1) is 13.8 Å². The highest BCUT2D eigenvalue weighted by Gasteiger charge is 2.17. The van der Waals surface area contributed by atoms with Crippen LogP contribution in [0.3, 0.4) is 0 Å². The van der Waals surface area contributed by atoms with Gasteiger partial charge in [0.1, 0.15) is 0 Å². The van der Waals surface area contributed by atoms with E-state index in [1.165, 1.54) is 0 Å². The number of rotatable bonds is 4. The molecule has 0 bridgehead atoms. The van der Waals surface area contributed by atoms with Crippen LogP contribution in [0.4, 0.5) is 0 Å². The highest BCUT2D eigenvalue weighted by Crippen LogP contribution is 2.22. The van der Waals surface area contributed by atoms with E-state index >= 15 is 0 Å². The van der Waals surface area contributed by atoms with Crippen LogP contribution >= 0.6 is 12.4 Å². The molecule has 0 unspecified atom stereocenters. The molecule has 1 fully saturated rings. The van der Waals surface area contributed by atoms with Crippen LogP contribution in [0.15, 0.2) is 24.3 Å². The van der Waals surface area contributed by atoms with Crippen LogP contribution in [0.2, 0.25) is 0 Å². The first-order chi connectivity index (χ1) is 12.6. The largest absolute Gasteiger partial charge is 0.353 e. The Hall–Kier alpha value is -2.18. The number of amides is 1. The number of piperidine rings is 1. The lowest BCUT2D eigenvalue weighted by atomic mass is 10.0. The highest BCUT2D eigenvalue weighted by molar-refractivity contribution is 5.92. The predicted molar refractivity (Wildman–Crippen MR) is 110 cm³/mol. The molecule has 0 radical (unpaired) electrons. The van der Waals surface area contributed by atoms with E-state index in [9.17, 15) is 4.79 Å². The number of benzene rings is 1. The Morgan fingerprint density at radius 3 is 2.78 bits per heavy atom. The molecule has 1 aliphatic heterocycles. The van der Waals surface area contributed by atoms with Crippen molar-refractivity contribution < 1.29 is 4.79 Å². The molecule has 4 rings (SSSR count). The van der Waals surface area contributed by atoms with Gasteiger partial charge in [0.2, 0.25) is 5.91 Å². The molecule has 3 heterocycles. The van der Waals surface area contributed by atoms with E-state index in [0.29, 0.717) is 18.9 Å². The molecule has 0 saturated carbocycles. The van der Waals surface area contributed by atoms with E-state index in [2.05, 4.69) is 28.7 Å². The van der Waals surface area contributed by atoms with Crippen LogP contribution < -0.4 is 10.6 Å². The van der Waals surface area contributed by atoms with Crippen molar-refractivity contribution in [1.82, 2.24) is 25.2 Å². The Balaban J connectivity index is 0.00000210. The van der Waals surface area contributed by atoms with Crippen LogP contribution in [-0.2, 0) is 11.2 Å². The molecule has 6 nitrogen and oxygen atoms in total. The number of nitrogens with zero attached hydrogens (tertiary/aromatic N) is 3. The van der Waals surface area contributed by atoms with E-state index in [4.69, 9.17) is 4.98 Å². The molecule has 1 saturated heterocycles. The zero-order valence-corrected chi connectivity index (χ0v) is 16.6. The lowest BCUT2D eigenvalue weighted by Gasteiger charge is -2.23. The van der Waals surface area contributed by atoms with Gasteiger partial charge in [-0.3, -0.25) is 4.79 Å². The normalized spacial score (nSPS) is 15.0. The molecular weight excluding hydrogens is 362 g/mol. The maximum Gasteiger partial charge on any atom is 0.220 e. The second-order valence-corrected chi connectivity index (χ2v) is 7.11. The number of aromatic nitrogens is 3. The minimum atomic E-state index is 0. The zero-order chi connectivity index (χ0) is 18.1. The molecule has 27 heavy (non-hydrogen) atoms. The lowest BCUT2D eigenvalue weighted by molar-refractivity contribution is -0.121. The molecule has 2 N–H and O–H groups in total. The maximum absolute atomic E-state index is 12.3. The number of carbonyl (C=O) groups is 1. The first-order valence-corrected chi connectivity index (χ1v) is 9.37.